The maximum absolute atomic E-state index is 11.8. The quantitative estimate of drug-likeness (QED) is 0.886. The zero-order chi connectivity index (χ0) is 15.7. The zero-order valence-electron chi connectivity index (χ0n) is 12.9. The van der Waals surface area contributed by atoms with Crippen LogP contribution in [-0.2, 0) is 5.72 Å². The second-order valence-electron chi connectivity index (χ2n) is 5.99. The van der Waals surface area contributed by atoms with Gasteiger partial charge in [-0.15, -0.1) is 11.3 Å². The van der Waals surface area contributed by atoms with Gasteiger partial charge in [0.2, 0.25) is 0 Å². The number of fused-ring (bicyclic) bond motifs is 1. The predicted octanol–water partition coefficient (Wildman–Crippen LogP) is 4.22. The Kier molecular flexibility index (Phi) is 4.18. The van der Waals surface area contributed by atoms with Crippen LogP contribution in [0.1, 0.15) is 35.0 Å². The van der Waals surface area contributed by atoms with Crippen molar-refractivity contribution >= 4 is 28.3 Å². The third-order valence-electron chi connectivity index (χ3n) is 4.50. The van der Waals surface area contributed by atoms with Crippen LogP contribution < -0.4 is 0 Å². The van der Waals surface area contributed by atoms with Crippen molar-refractivity contribution in [3.8, 4) is 0 Å². The van der Waals surface area contributed by atoms with Gasteiger partial charge >= 0.3 is 0 Å². The Bertz CT molecular complexity index is 686. The minimum Gasteiger partial charge on any atom is -0.365 e. The summed E-state index contributed by atoms with van der Waals surface area (Å²) in [6.07, 6.45) is 3.43. The molecular weight excluding hydrogens is 324 g/mol. The Morgan fingerprint density at radius 2 is 1.96 bits per heavy atom. The van der Waals surface area contributed by atoms with Gasteiger partial charge in [0.25, 0.3) is 0 Å². The van der Waals surface area contributed by atoms with Gasteiger partial charge < -0.3 is 10.0 Å². The predicted molar refractivity (Wildman–Crippen MR) is 97.8 cm³/mol. The lowest BCUT2D eigenvalue weighted by Gasteiger charge is -2.37. The van der Waals surface area contributed by atoms with Gasteiger partial charge in [-0.25, -0.2) is 0 Å². The fourth-order valence-corrected chi connectivity index (χ4v) is 5.72. The summed E-state index contributed by atoms with van der Waals surface area (Å²) in [6.45, 7) is 1.73. The molecule has 5 heteroatoms. The standard InChI is InChI=1S/C18H20N2OS2/c21-18(15-10-7-13-22-15)16(14-8-3-1-4-9-14)23-17-19-11-5-2-6-12-20(17)18/h1,3-4,7-10,13,16,21H,2,5-6,11-12H2/b19-17+. The number of aliphatic hydroxyl groups is 1. The number of rotatable bonds is 2. The average Bonchev–Trinajstić information content (AvgIpc) is 3.17. The van der Waals surface area contributed by atoms with Crippen LogP contribution in [-0.4, -0.2) is 28.3 Å². The molecule has 2 aromatic rings. The van der Waals surface area contributed by atoms with Crippen molar-refractivity contribution in [3.05, 3.63) is 58.3 Å². The van der Waals surface area contributed by atoms with Gasteiger partial charge in [-0.05, 0) is 36.3 Å². The molecule has 2 atom stereocenters. The first kappa shape index (κ1) is 15.2. The Morgan fingerprint density at radius 3 is 2.74 bits per heavy atom. The number of hydrogen-bond acceptors (Lipinski definition) is 5. The zero-order valence-corrected chi connectivity index (χ0v) is 14.5. The number of benzene rings is 1. The van der Waals surface area contributed by atoms with E-state index in [0.29, 0.717) is 0 Å². The molecule has 1 aromatic carbocycles. The number of aliphatic imine (C=N–C) groups is 1. The summed E-state index contributed by atoms with van der Waals surface area (Å²) in [5.74, 6) is 0. The number of thiophene rings is 1. The van der Waals surface area contributed by atoms with E-state index in [0.717, 1.165) is 41.5 Å². The molecule has 1 saturated heterocycles. The molecule has 1 fully saturated rings. The molecule has 0 amide bonds. The number of thioether (sulfide) groups is 1. The summed E-state index contributed by atoms with van der Waals surface area (Å²) in [7, 11) is 0. The molecule has 0 spiro atoms. The Balaban J connectivity index is 1.83. The van der Waals surface area contributed by atoms with E-state index in [4.69, 9.17) is 4.99 Å². The molecule has 1 aromatic heterocycles. The number of hydrogen-bond donors (Lipinski definition) is 1. The monoisotopic (exact) mass is 344 g/mol. The van der Waals surface area contributed by atoms with E-state index < -0.39 is 5.72 Å². The van der Waals surface area contributed by atoms with E-state index in [1.807, 2.05) is 35.7 Å². The van der Waals surface area contributed by atoms with Gasteiger partial charge in [-0.3, -0.25) is 4.99 Å². The minimum atomic E-state index is -1.00. The van der Waals surface area contributed by atoms with Crippen molar-refractivity contribution in [3.63, 3.8) is 0 Å². The highest BCUT2D eigenvalue weighted by atomic mass is 32.2. The highest BCUT2D eigenvalue weighted by Gasteiger charge is 2.53. The summed E-state index contributed by atoms with van der Waals surface area (Å²) < 4.78 is 0. The van der Waals surface area contributed by atoms with Crippen molar-refractivity contribution in [2.45, 2.75) is 30.2 Å². The highest BCUT2D eigenvalue weighted by molar-refractivity contribution is 8.14. The van der Waals surface area contributed by atoms with Gasteiger partial charge in [-0.1, -0.05) is 48.2 Å². The molecule has 0 bridgehead atoms. The molecule has 3 nitrogen and oxygen atoms in total. The smallest absolute Gasteiger partial charge is 0.192 e. The fourth-order valence-electron chi connectivity index (χ4n) is 3.34. The van der Waals surface area contributed by atoms with Crippen LogP contribution in [0.2, 0.25) is 0 Å². The molecule has 2 unspecified atom stereocenters. The summed E-state index contributed by atoms with van der Waals surface area (Å²) in [5.41, 5.74) is 0.152. The molecule has 0 radical (unpaired) electrons. The topological polar surface area (TPSA) is 35.8 Å². The Morgan fingerprint density at radius 1 is 1.09 bits per heavy atom. The molecular formula is C18H20N2OS2. The molecule has 3 heterocycles. The first-order valence-electron chi connectivity index (χ1n) is 8.10. The van der Waals surface area contributed by atoms with Crippen LogP contribution >= 0.6 is 23.1 Å². The van der Waals surface area contributed by atoms with E-state index in [9.17, 15) is 5.11 Å². The third kappa shape index (κ3) is 2.61. The van der Waals surface area contributed by atoms with Crippen molar-refractivity contribution in [2.24, 2.45) is 4.99 Å². The second kappa shape index (κ2) is 6.30. The van der Waals surface area contributed by atoms with Crippen LogP contribution in [0.25, 0.3) is 0 Å². The van der Waals surface area contributed by atoms with Crippen LogP contribution in [0.15, 0.2) is 52.8 Å². The van der Waals surface area contributed by atoms with Crippen LogP contribution in [0, 0.1) is 0 Å². The highest BCUT2D eigenvalue weighted by Crippen LogP contribution is 2.55. The van der Waals surface area contributed by atoms with Crippen molar-refractivity contribution in [2.75, 3.05) is 13.1 Å². The maximum atomic E-state index is 11.8. The number of nitrogens with zero attached hydrogens (tertiary/aromatic N) is 2. The summed E-state index contributed by atoms with van der Waals surface area (Å²) in [4.78, 5) is 7.92. The van der Waals surface area contributed by atoms with Crippen molar-refractivity contribution in [1.82, 2.24) is 4.90 Å². The lowest BCUT2D eigenvalue weighted by molar-refractivity contribution is -0.0692. The molecule has 0 aliphatic carbocycles. The molecule has 0 saturated carbocycles. The van der Waals surface area contributed by atoms with Gasteiger partial charge in [0, 0.05) is 13.1 Å². The summed E-state index contributed by atoms with van der Waals surface area (Å²) in [6, 6.07) is 14.4. The maximum Gasteiger partial charge on any atom is 0.192 e. The van der Waals surface area contributed by atoms with Crippen LogP contribution in [0.4, 0.5) is 0 Å². The number of amidine groups is 1. The van der Waals surface area contributed by atoms with E-state index in [1.54, 1.807) is 23.1 Å². The van der Waals surface area contributed by atoms with Gasteiger partial charge in [0.05, 0.1) is 10.1 Å². The van der Waals surface area contributed by atoms with Crippen LogP contribution in [0.3, 0.4) is 0 Å². The summed E-state index contributed by atoms with van der Waals surface area (Å²) >= 11 is 3.33. The Labute approximate surface area is 145 Å². The van der Waals surface area contributed by atoms with Gasteiger partial charge in [0.15, 0.2) is 10.9 Å². The van der Waals surface area contributed by atoms with E-state index in [2.05, 4.69) is 17.0 Å². The van der Waals surface area contributed by atoms with Crippen LogP contribution in [0.5, 0.6) is 0 Å². The van der Waals surface area contributed by atoms with E-state index in [-0.39, 0.29) is 5.25 Å². The molecule has 2 aliphatic heterocycles. The van der Waals surface area contributed by atoms with E-state index >= 15 is 0 Å². The normalized spacial score (nSPS) is 30.2. The molecule has 2 aliphatic rings. The summed E-state index contributed by atoms with van der Waals surface area (Å²) in [5, 5.41) is 14.8. The SMILES string of the molecule is OC1(c2cccs2)C(c2ccccc2)S/C2=N/CCCCCN21. The van der Waals surface area contributed by atoms with Crippen molar-refractivity contribution < 1.29 is 5.11 Å². The fraction of sp³-hybridized carbons (Fsp3) is 0.389. The lowest BCUT2D eigenvalue weighted by atomic mass is 9.98. The lowest BCUT2D eigenvalue weighted by Crippen LogP contribution is -2.46. The first-order valence-corrected chi connectivity index (χ1v) is 9.86. The molecule has 4 rings (SSSR count). The van der Waals surface area contributed by atoms with Crippen molar-refractivity contribution in [1.29, 1.82) is 0 Å². The average molecular weight is 345 g/mol. The largest absolute Gasteiger partial charge is 0.365 e. The molecule has 120 valence electrons. The molecule has 1 N–H and O–H groups in total. The first-order chi connectivity index (χ1) is 11.3. The second-order valence-corrected chi connectivity index (χ2v) is 8.01. The minimum absolute atomic E-state index is 0.0424. The Hall–Kier alpha value is -1.30. The van der Waals surface area contributed by atoms with Gasteiger partial charge in [0.1, 0.15) is 0 Å². The molecule has 23 heavy (non-hydrogen) atoms. The van der Waals surface area contributed by atoms with Gasteiger partial charge in [-0.2, -0.15) is 0 Å². The third-order valence-corrected chi connectivity index (χ3v) is 6.88. The van der Waals surface area contributed by atoms with E-state index in [1.165, 1.54) is 6.42 Å².